The first-order chi connectivity index (χ1) is 10.8. The molecule has 4 heteroatoms. The fraction of sp³-hybridized carbons (Fsp3) is 0.333. The second-order valence-electron chi connectivity index (χ2n) is 5.60. The molecule has 0 bridgehead atoms. The van der Waals surface area contributed by atoms with Crippen LogP contribution in [0.25, 0.3) is 0 Å². The molecule has 1 aliphatic heterocycles. The molecule has 22 heavy (non-hydrogen) atoms. The van der Waals surface area contributed by atoms with Crippen molar-refractivity contribution in [3.63, 3.8) is 0 Å². The predicted octanol–water partition coefficient (Wildman–Crippen LogP) is 2.67. The van der Waals surface area contributed by atoms with Gasteiger partial charge >= 0.3 is 0 Å². The van der Waals surface area contributed by atoms with Gasteiger partial charge in [0.2, 0.25) is 0 Å². The monoisotopic (exact) mass is 301 g/mol. The molecule has 0 radical (unpaired) electrons. The molecule has 3 nitrogen and oxygen atoms in total. The third kappa shape index (κ3) is 3.46. The summed E-state index contributed by atoms with van der Waals surface area (Å²) in [6.07, 6.45) is 1.43. The molecule has 0 fully saturated rings. The molecule has 2 N–H and O–H groups in total. The number of aryl methyl sites for hydroxylation is 1. The smallest absolute Gasteiger partial charge is 0.123 e. The quantitative estimate of drug-likeness (QED) is 0.892. The number of halogens is 1. The van der Waals surface area contributed by atoms with Gasteiger partial charge in [0.05, 0.1) is 12.6 Å². The van der Waals surface area contributed by atoms with Crippen LogP contribution in [-0.4, -0.2) is 23.9 Å². The lowest BCUT2D eigenvalue weighted by Gasteiger charge is -2.32. The van der Waals surface area contributed by atoms with Gasteiger partial charge < -0.3 is 15.2 Å². The van der Waals surface area contributed by atoms with Crippen LogP contribution in [0.4, 0.5) is 4.39 Å². The normalized spacial score (nSPS) is 18.4. The molecular formula is C18H20FNO2. The number of hydrogen-bond donors (Lipinski definition) is 2. The van der Waals surface area contributed by atoms with Gasteiger partial charge in [-0.3, -0.25) is 0 Å². The summed E-state index contributed by atoms with van der Waals surface area (Å²) in [5, 5.41) is 13.0. The molecule has 1 heterocycles. The van der Waals surface area contributed by atoms with Crippen LogP contribution in [-0.2, 0) is 13.0 Å². The number of aliphatic hydroxyl groups excluding tert-OH is 1. The van der Waals surface area contributed by atoms with Crippen molar-refractivity contribution in [2.24, 2.45) is 0 Å². The number of fused-ring (bicyclic) bond motifs is 1. The maximum Gasteiger partial charge on any atom is 0.123 e. The maximum atomic E-state index is 13.2. The highest BCUT2D eigenvalue weighted by molar-refractivity contribution is 5.36. The van der Waals surface area contributed by atoms with Gasteiger partial charge in [-0.1, -0.05) is 30.3 Å². The number of nitrogens with one attached hydrogen (secondary N) is 1. The van der Waals surface area contributed by atoms with Crippen molar-refractivity contribution in [1.82, 2.24) is 5.32 Å². The van der Waals surface area contributed by atoms with Crippen molar-refractivity contribution in [2.75, 3.05) is 6.61 Å². The first kappa shape index (κ1) is 15.0. The largest absolute Gasteiger partial charge is 0.488 e. The summed E-state index contributed by atoms with van der Waals surface area (Å²) in [5.74, 6) is 0.485. The van der Waals surface area contributed by atoms with Gasteiger partial charge in [0.25, 0.3) is 0 Å². The minimum Gasteiger partial charge on any atom is -0.488 e. The van der Waals surface area contributed by atoms with E-state index in [4.69, 9.17) is 4.74 Å². The Morgan fingerprint density at radius 3 is 2.82 bits per heavy atom. The van der Waals surface area contributed by atoms with Crippen molar-refractivity contribution in [3.8, 4) is 5.75 Å². The molecule has 3 rings (SSSR count). The fourth-order valence-corrected chi connectivity index (χ4v) is 2.82. The van der Waals surface area contributed by atoms with Crippen LogP contribution in [0.15, 0.2) is 48.5 Å². The highest BCUT2D eigenvalue weighted by Crippen LogP contribution is 2.29. The zero-order valence-electron chi connectivity index (χ0n) is 12.3. The number of hydrogen-bond acceptors (Lipinski definition) is 3. The predicted molar refractivity (Wildman–Crippen MR) is 83.3 cm³/mol. The van der Waals surface area contributed by atoms with E-state index in [0.717, 1.165) is 24.2 Å². The third-order valence-electron chi connectivity index (χ3n) is 4.06. The summed E-state index contributed by atoms with van der Waals surface area (Å²) >= 11 is 0. The van der Waals surface area contributed by atoms with E-state index in [1.165, 1.54) is 17.7 Å². The van der Waals surface area contributed by atoms with E-state index < -0.39 is 0 Å². The van der Waals surface area contributed by atoms with Crippen LogP contribution < -0.4 is 10.1 Å². The van der Waals surface area contributed by atoms with Gasteiger partial charge in [-0.25, -0.2) is 4.39 Å². The van der Waals surface area contributed by atoms with E-state index in [2.05, 4.69) is 5.32 Å². The molecule has 0 saturated heterocycles. The second-order valence-corrected chi connectivity index (χ2v) is 5.60. The Bertz CT molecular complexity index is 618. The van der Waals surface area contributed by atoms with E-state index in [9.17, 15) is 9.50 Å². The molecule has 0 spiro atoms. The Morgan fingerprint density at radius 2 is 2.05 bits per heavy atom. The van der Waals surface area contributed by atoms with Gasteiger partial charge in [-0.2, -0.15) is 0 Å². The Labute approximate surface area is 129 Å². The molecule has 2 aromatic carbocycles. The average Bonchev–Trinajstić information content (AvgIpc) is 2.56. The van der Waals surface area contributed by atoms with Crippen LogP contribution in [0.3, 0.4) is 0 Å². The SMILES string of the molecule is OCC(NCc1ccccc1)[C@H]1CCc2cc(F)ccc2O1. The summed E-state index contributed by atoms with van der Waals surface area (Å²) in [5.41, 5.74) is 2.07. The number of rotatable bonds is 5. The van der Waals surface area contributed by atoms with Gasteiger partial charge in [0.15, 0.2) is 0 Å². The van der Waals surface area contributed by atoms with E-state index in [1.807, 2.05) is 30.3 Å². The molecule has 116 valence electrons. The zero-order valence-corrected chi connectivity index (χ0v) is 12.3. The lowest BCUT2D eigenvalue weighted by molar-refractivity contribution is 0.0914. The third-order valence-corrected chi connectivity index (χ3v) is 4.06. The molecule has 0 aromatic heterocycles. The number of benzene rings is 2. The Hall–Kier alpha value is -1.91. The van der Waals surface area contributed by atoms with Gasteiger partial charge in [0.1, 0.15) is 17.7 Å². The van der Waals surface area contributed by atoms with Crippen molar-refractivity contribution in [1.29, 1.82) is 0 Å². The average molecular weight is 301 g/mol. The van der Waals surface area contributed by atoms with E-state index in [0.29, 0.717) is 6.54 Å². The van der Waals surface area contributed by atoms with E-state index in [-0.39, 0.29) is 24.6 Å². The topological polar surface area (TPSA) is 41.5 Å². The molecule has 2 aromatic rings. The summed E-state index contributed by atoms with van der Waals surface area (Å²) in [4.78, 5) is 0. The lowest BCUT2D eigenvalue weighted by atomic mass is 9.97. The van der Waals surface area contributed by atoms with Crippen LogP contribution in [0.5, 0.6) is 5.75 Å². The Balaban J connectivity index is 1.63. The van der Waals surface area contributed by atoms with Crippen molar-refractivity contribution in [2.45, 2.75) is 31.5 Å². The summed E-state index contributed by atoms with van der Waals surface area (Å²) in [7, 11) is 0. The van der Waals surface area contributed by atoms with Crippen molar-refractivity contribution in [3.05, 3.63) is 65.5 Å². The van der Waals surface area contributed by atoms with Gasteiger partial charge in [0, 0.05) is 6.54 Å². The number of aliphatic hydroxyl groups is 1. The summed E-state index contributed by atoms with van der Waals surface area (Å²) < 4.78 is 19.2. The fourth-order valence-electron chi connectivity index (χ4n) is 2.82. The summed E-state index contributed by atoms with van der Waals surface area (Å²) in [6, 6.07) is 14.5. The first-order valence-corrected chi connectivity index (χ1v) is 7.59. The standard InChI is InChI=1S/C18H20FNO2/c19-15-7-9-17-14(10-15)6-8-18(22-17)16(12-21)20-11-13-4-2-1-3-5-13/h1-5,7,9-10,16,18,20-21H,6,8,11-12H2/t16?,18-/m1/s1. The molecule has 0 amide bonds. The minimum absolute atomic E-state index is 0.00796. The number of ether oxygens (including phenoxy) is 1. The molecule has 1 unspecified atom stereocenters. The van der Waals surface area contributed by atoms with Crippen LogP contribution >= 0.6 is 0 Å². The Kier molecular flexibility index (Phi) is 4.71. The molecule has 0 saturated carbocycles. The highest BCUT2D eigenvalue weighted by Gasteiger charge is 2.27. The lowest BCUT2D eigenvalue weighted by Crippen LogP contribution is -2.46. The van der Waals surface area contributed by atoms with Crippen LogP contribution in [0.2, 0.25) is 0 Å². The van der Waals surface area contributed by atoms with Crippen LogP contribution in [0.1, 0.15) is 17.5 Å². The first-order valence-electron chi connectivity index (χ1n) is 7.59. The van der Waals surface area contributed by atoms with E-state index >= 15 is 0 Å². The summed E-state index contributed by atoms with van der Waals surface area (Å²) in [6.45, 7) is 0.691. The zero-order chi connectivity index (χ0) is 15.4. The van der Waals surface area contributed by atoms with Crippen molar-refractivity contribution >= 4 is 0 Å². The second kappa shape index (κ2) is 6.90. The molecule has 1 aliphatic rings. The molecular weight excluding hydrogens is 281 g/mol. The minimum atomic E-state index is -0.235. The van der Waals surface area contributed by atoms with Crippen LogP contribution in [0, 0.1) is 5.82 Å². The highest BCUT2D eigenvalue weighted by atomic mass is 19.1. The molecule has 2 atom stereocenters. The van der Waals surface area contributed by atoms with Crippen molar-refractivity contribution < 1.29 is 14.2 Å². The molecule has 0 aliphatic carbocycles. The Morgan fingerprint density at radius 1 is 1.23 bits per heavy atom. The van der Waals surface area contributed by atoms with Gasteiger partial charge in [-0.15, -0.1) is 0 Å². The van der Waals surface area contributed by atoms with E-state index in [1.54, 1.807) is 6.07 Å². The van der Waals surface area contributed by atoms with Gasteiger partial charge in [-0.05, 0) is 42.2 Å². The maximum absolute atomic E-state index is 13.2.